The molecule has 0 spiro atoms. The summed E-state index contributed by atoms with van der Waals surface area (Å²) in [6.45, 7) is 3.20. The van der Waals surface area contributed by atoms with Crippen LogP contribution >= 0.6 is 0 Å². The fraction of sp³-hybridized carbons (Fsp3) is 0.955. The fourth-order valence-corrected chi connectivity index (χ4v) is 8.39. The van der Waals surface area contributed by atoms with E-state index in [-0.39, 0.29) is 11.9 Å². The molecule has 6 rings (SSSR count). The van der Waals surface area contributed by atoms with Crippen LogP contribution in [-0.4, -0.2) is 68.0 Å². The van der Waals surface area contributed by atoms with Crippen molar-refractivity contribution in [3.05, 3.63) is 0 Å². The van der Waals surface area contributed by atoms with E-state index in [1.54, 1.807) is 4.31 Å². The molecular weight excluding hydrogens is 386 g/mol. The minimum atomic E-state index is -3.07. The van der Waals surface area contributed by atoms with E-state index >= 15 is 0 Å². The van der Waals surface area contributed by atoms with Gasteiger partial charge in [0.25, 0.3) is 0 Å². The van der Waals surface area contributed by atoms with Crippen LogP contribution in [0.25, 0.3) is 0 Å². The molecule has 4 aliphatic carbocycles. The number of amides is 1. The molecule has 1 amide bonds. The summed E-state index contributed by atoms with van der Waals surface area (Å²) in [6, 6.07) is 0.455. The molecule has 0 aromatic heterocycles. The number of hydrogen-bond acceptors (Lipinski definition) is 4. The Morgan fingerprint density at radius 3 is 2.14 bits per heavy atom. The van der Waals surface area contributed by atoms with Gasteiger partial charge in [-0.25, -0.2) is 12.7 Å². The standard InChI is InChI=1S/C22H37N3O3S/c1-29(27,28)25-7-4-15(5-8-25)14-24-6-2-3-20(24)22(26)23-21-18-10-16-9-17(12-18)13-19(21)11-16/h15-21H,2-14H2,1H3,(H,23,26)/t16?,17?,18?,19?,20-,21?/m1/s1. The Morgan fingerprint density at radius 2 is 1.55 bits per heavy atom. The van der Waals surface area contributed by atoms with Crippen molar-refractivity contribution in [2.24, 2.45) is 29.6 Å². The van der Waals surface area contributed by atoms with Gasteiger partial charge in [0.1, 0.15) is 0 Å². The van der Waals surface area contributed by atoms with E-state index in [1.165, 1.54) is 38.4 Å². The van der Waals surface area contributed by atoms with Crippen LogP contribution in [0.15, 0.2) is 0 Å². The molecule has 164 valence electrons. The number of nitrogens with zero attached hydrogens (tertiary/aromatic N) is 2. The highest BCUT2D eigenvalue weighted by Crippen LogP contribution is 2.53. The summed E-state index contributed by atoms with van der Waals surface area (Å²) in [4.78, 5) is 15.6. The van der Waals surface area contributed by atoms with Crippen LogP contribution in [0.3, 0.4) is 0 Å². The lowest BCUT2D eigenvalue weighted by Crippen LogP contribution is -2.58. The van der Waals surface area contributed by atoms with E-state index in [9.17, 15) is 13.2 Å². The number of carbonyl (C=O) groups excluding carboxylic acids is 1. The molecule has 7 heteroatoms. The van der Waals surface area contributed by atoms with Crippen molar-refractivity contribution in [1.29, 1.82) is 0 Å². The Bertz CT molecular complexity index is 704. The Hall–Kier alpha value is -0.660. The van der Waals surface area contributed by atoms with Crippen LogP contribution in [0.4, 0.5) is 0 Å². The van der Waals surface area contributed by atoms with Crippen LogP contribution in [0.1, 0.15) is 57.8 Å². The maximum Gasteiger partial charge on any atom is 0.237 e. The summed E-state index contributed by atoms with van der Waals surface area (Å²) in [6.07, 6.45) is 12.0. The third kappa shape index (κ3) is 4.11. The molecule has 0 aromatic rings. The van der Waals surface area contributed by atoms with E-state index in [0.29, 0.717) is 25.0 Å². The number of rotatable bonds is 5. The third-order valence-electron chi connectivity index (χ3n) is 8.74. The number of hydrogen-bond donors (Lipinski definition) is 1. The van der Waals surface area contributed by atoms with Gasteiger partial charge in [-0.3, -0.25) is 9.69 Å². The molecule has 0 unspecified atom stereocenters. The average Bonchev–Trinajstić information content (AvgIpc) is 3.12. The third-order valence-corrected chi connectivity index (χ3v) is 10.0. The van der Waals surface area contributed by atoms with Gasteiger partial charge in [-0.15, -0.1) is 0 Å². The summed E-state index contributed by atoms with van der Waals surface area (Å²) in [5.41, 5.74) is 0. The first-order chi connectivity index (χ1) is 13.9. The molecular formula is C22H37N3O3S. The summed E-state index contributed by atoms with van der Waals surface area (Å²) < 4.78 is 25.1. The van der Waals surface area contributed by atoms with Crippen LogP contribution in [0.2, 0.25) is 0 Å². The van der Waals surface area contributed by atoms with Gasteiger partial charge in [-0.1, -0.05) is 0 Å². The van der Waals surface area contributed by atoms with E-state index < -0.39 is 10.0 Å². The van der Waals surface area contributed by atoms with E-state index in [0.717, 1.165) is 62.4 Å². The van der Waals surface area contributed by atoms with Crippen molar-refractivity contribution in [3.63, 3.8) is 0 Å². The van der Waals surface area contributed by atoms with Gasteiger partial charge in [0, 0.05) is 25.7 Å². The lowest BCUT2D eigenvalue weighted by atomic mass is 9.54. The number of piperidine rings is 1. The first-order valence-corrected chi connectivity index (χ1v) is 13.7. The first-order valence-electron chi connectivity index (χ1n) is 11.9. The van der Waals surface area contributed by atoms with Crippen LogP contribution < -0.4 is 5.32 Å². The van der Waals surface area contributed by atoms with Crippen molar-refractivity contribution in [2.45, 2.75) is 69.9 Å². The minimum absolute atomic E-state index is 0.0279. The Labute approximate surface area is 175 Å². The summed E-state index contributed by atoms with van der Waals surface area (Å²) in [5, 5.41) is 3.53. The minimum Gasteiger partial charge on any atom is -0.351 e. The van der Waals surface area contributed by atoms with Gasteiger partial charge in [-0.05, 0) is 93.9 Å². The normalized spacial score (nSPS) is 41.1. The van der Waals surface area contributed by atoms with E-state index in [2.05, 4.69) is 10.2 Å². The fourth-order valence-electron chi connectivity index (χ4n) is 7.52. The lowest BCUT2D eigenvalue weighted by Gasteiger charge is -2.54. The van der Waals surface area contributed by atoms with Gasteiger partial charge in [0.15, 0.2) is 0 Å². The average molecular weight is 424 g/mol. The van der Waals surface area contributed by atoms with Crippen LogP contribution in [-0.2, 0) is 14.8 Å². The number of nitrogens with one attached hydrogen (secondary N) is 1. The first kappa shape index (κ1) is 20.3. The molecule has 2 saturated heterocycles. The van der Waals surface area contributed by atoms with E-state index in [4.69, 9.17) is 0 Å². The van der Waals surface area contributed by atoms with Gasteiger partial charge in [-0.2, -0.15) is 0 Å². The molecule has 2 heterocycles. The van der Waals surface area contributed by atoms with Crippen molar-refractivity contribution < 1.29 is 13.2 Å². The van der Waals surface area contributed by atoms with Crippen molar-refractivity contribution in [2.75, 3.05) is 32.4 Å². The maximum absolute atomic E-state index is 13.2. The number of likely N-dealkylation sites (tertiary alicyclic amines) is 1. The molecule has 0 radical (unpaired) electrons. The number of carbonyl (C=O) groups is 1. The van der Waals surface area contributed by atoms with Gasteiger partial charge >= 0.3 is 0 Å². The topological polar surface area (TPSA) is 69.7 Å². The summed E-state index contributed by atoms with van der Waals surface area (Å²) in [7, 11) is -3.07. The highest BCUT2D eigenvalue weighted by atomic mass is 32.2. The predicted octanol–water partition coefficient (Wildman–Crippen LogP) is 2.06. The molecule has 4 saturated carbocycles. The number of sulfonamides is 1. The molecule has 1 N–H and O–H groups in total. The Morgan fingerprint density at radius 1 is 0.931 bits per heavy atom. The second kappa shape index (κ2) is 7.79. The largest absolute Gasteiger partial charge is 0.351 e. The zero-order valence-electron chi connectivity index (χ0n) is 17.8. The zero-order valence-corrected chi connectivity index (χ0v) is 18.6. The smallest absolute Gasteiger partial charge is 0.237 e. The zero-order chi connectivity index (χ0) is 20.2. The van der Waals surface area contributed by atoms with E-state index in [1.807, 2.05) is 0 Å². The monoisotopic (exact) mass is 423 g/mol. The summed E-state index contributed by atoms with van der Waals surface area (Å²) in [5.74, 6) is 4.10. The Balaban J connectivity index is 1.16. The van der Waals surface area contributed by atoms with Gasteiger partial charge < -0.3 is 5.32 Å². The van der Waals surface area contributed by atoms with Crippen LogP contribution in [0, 0.1) is 29.6 Å². The SMILES string of the molecule is CS(=O)(=O)N1CCC(CN2CCC[C@@H]2C(=O)NC2C3CC4CC(C3)CC2C4)CC1. The molecule has 4 bridgehead atoms. The summed E-state index contributed by atoms with van der Waals surface area (Å²) >= 11 is 0. The van der Waals surface area contributed by atoms with Crippen molar-refractivity contribution in [1.82, 2.24) is 14.5 Å². The second-order valence-corrected chi connectivity index (χ2v) is 12.7. The highest BCUT2D eigenvalue weighted by molar-refractivity contribution is 7.88. The molecule has 0 aromatic carbocycles. The maximum atomic E-state index is 13.2. The van der Waals surface area contributed by atoms with Gasteiger partial charge in [0.05, 0.1) is 12.3 Å². The lowest BCUT2D eigenvalue weighted by molar-refractivity contribution is -0.129. The molecule has 2 aliphatic heterocycles. The van der Waals surface area contributed by atoms with Crippen molar-refractivity contribution in [3.8, 4) is 0 Å². The highest BCUT2D eigenvalue weighted by Gasteiger charge is 2.49. The van der Waals surface area contributed by atoms with Crippen LogP contribution in [0.5, 0.6) is 0 Å². The second-order valence-electron chi connectivity index (χ2n) is 10.7. The molecule has 6 aliphatic rings. The van der Waals surface area contributed by atoms with Gasteiger partial charge in [0.2, 0.25) is 15.9 Å². The quantitative estimate of drug-likeness (QED) is 0.735. The van der Waals surface area contributed by atoms with Crippen molar-refractivity contribution >= 4 is 15.9 Å². The Kier molecular flexibility index (Phi) is 5.44. The molecule has 1 atom stereocenters. The molecule has 29 heavy (non-hydrogen) atoms. The predicted molar refractivity (Wildman–Crippen MR) is 113 cm³/mol. The molecule has 6 nitrogen and oxygen atoms in total. The molecule has 6 fully saturated rings.